The number of aryl methyl sites for hydroxylation is 1. The summed E-state index contributed by atoms with van der Waals surface area (Å²) in [7, 11) is -3.55. The lowest BCUT2D eigenvalue weighted by molar-refractivity contribution is 0.0606. The molecule has 2 aromatic heterocycles. The highest BCUT2D eigenvalue weighted by Gasteiger charge is 2.33. The zero-order valence-electron chi connectivity index (χ0n) is 19.6. The van der Waals surface area contributed by atoms with Crippen molar-refractivity contribution in [3.05, 3.63) is 62.7 Å². The van der Waals surface area contributed by atoms with Gasteiger partial charge in [-0.15, -0.1) is 0 Å². The second-order valence-corrected chi connectivity index (χ2v) is 11.3. The molecule has 1 aliphatic carbocycles. The summed E-state index contributed by atoms with van der Waals surface area (Å²) in [6, 6.07) is 6.71. The molecule has 9 nitrogen and oxygen atoms in total. The molecule has 1 saturated heterocycles. The number of hydrogen-bond acceptors (Lipinski definition) is 5. The average Bonchev–Trinajstić information content (AvgIpc) is 3.54. The van der Waals surface area contributed by atoms with Crippen LogP contribution in [0.3, 0.4) is 0 Å². The summed E-state index contributed by atoms with van der Waals surface area (Å²) in [5.41, 5.74) is 4.21. The maximum Gasteiger partial charge on any atom is 0.275 e. The third kappa shape index (κ3) is 4.22. The number of likely N-dealkylation sites (tertiary alicyclic amines) is 1. The molecule has 180 valence electrons. The van der Waals surface area contributed by atoms with E-state index < -0.39 is 10.0 Å². The minimum Gasteiger partial charge on any atom is -0.330 e. The first-order valence-electron chi connectivity index (χ1n) is 11.6. The number of aromatic amines is 1. The van der Waals surface area contributed by atoms with Crippen molar-refractivity contribution in [2.24, 2.45) is 0 Å². The number of hydrogen-bond donors (Lipinski definition) is 2. The minimum atomic E-state index is -3.55. The molecule has 3 heterocycles. The second kappa shape index (κ2) is 8.26. The van der Waals surface area contributed by atoms with Crippen LogP contribution in [0, 0.1) is 13.8 Å². The summed E-state index contributed by atoms with van der Waals surface area (Å²) in [6.07, 6.45) is 5.73. The molecule has 1 saturated carbocycles. The maximum absolute atomic E-state index is 13.7. The molecule has 34 heavy (non-hydrogen) atoms. The van der Waals surface area contributed by atoms with Gasteiger partial charge in [-0.05, 0) is 58.1 Å². The highest BCUT2D eigenvalue weighted by Crippen LogP contribution is 2.40. The van der Waals surface area contributed by atoms with Crippen molar-refractivity contribution in [1.29, 1.82) is 0 Å². The third-order valence-electron chi connectivity index (χ3n) is 6.69. The molecule has 1 aromatic carbocycles. The summed E-state index contributed by atoms with van der Waals surface area (Å²) in [5, 5.41) is 3.20. The molecule has 0 bridgehead atoms. The number of benzene rings is 1. The SMILES string of the molecule is Cc1ccc(NS(C)(=O)=O)c(C(=O)N2CCCCC2c2cc3nc(C4CC4)c(C)c(=O)n3[nH]2)c1. The smallest absolute Gasteiger partial charge is 0.275 e. The Bertz CT molecular complexity index is 1450. The molecule has 3 aromatic rings. The normalized spacial score (nSPS) is 18.9. The number of fused-ring (bicyclic) bond motifs is 1. The van der Waals surface area contributed by atoms with Crippen LogP contribution in [0.15, 0.2) is 29.1 Å². The van der Waals surface area contributed by atoms with Crippen molar-refractivity contribution in [3.63, 3.8) is 0 Å². The van der Waals surface area contributed by atoms with E-state index >= 15 is 0 Å². The van der Waals surface area contributed by atoms with E-state index in [4.69, 9.17) is 4.98 Å². The van der Waals surface area contributed by atoms with Gasteiger partial charge in [-0.3, -0.25) is 19.4 Å². The van der Waals surface area contributed by atoms with Gasteiger partial charge in [0.15, 0.2) is 5.65 Å². The summed E-state index contributed by atoms with van der Waals surface area (Å²) >= 11 is 0. The van der Waals surface area contributed by atoms with Crippen LogP contribution in [-0.4, -0.2) is 46.6 Å². The van der Waals surface area contributed by atoms with Gasteiger partial charge in [0, 0.05) is 24.1 Å². The van der Waals surface area contributed by atoms with Crippen molar-refractivity contribution < 1.29 is 13.2 Å². The number of carbonyl (C=O) groups is 1. The highest BCUT2D eigenvalue weighted by atomic mass is 32.2. The van der Waals surface area contributed by atoms with E-state index in [-0.39, 0.29) is 23.2 Å². The van der Waals surface area contributed by atoms with E-state index in [1.165, 1.54) is 4.52 Å². The van der Waals surface area contributed by atoms with Gasteiger partial charge < -0.3 is 4.90 Å². The fourth-order valence-corrected chi connectivity index (χ4v) is 5.42. The van der Waals surface area contributed by atoms with Crippen LogP contribution in [0.2, 0.25) is 0 Å². The summed E-state index contributed by atoms with van der Waals surface area (Å²) in [6.45, 7) is 4.23. The molecule has 0 radical (unpaired) electrons. The fraction of sp³-hybridized carbons (Fsp3) is 0.458. The van der Waals surface area contributed by atoms with Crippen molar-refractivity contribution in [3.8, 4) is 0 Å². The van der Waals surface area contributed by atoms with Crippen LogP contribution >= 0.6 is 0 Å². The van der Waals surface area contributed by atoms with E-state index in [0.29, 0.717) is 29.2 Å². The van der Waals surface area contributed by atoms with Gasteiger partial charge in [-0.2, -0.15) is 0 Å². The van der Waals surface area contributed by atoms with E-state index in [9.17, 15) is 18.0 Å². The van der Waals surface area contributed by atoms with Gasteiger partial charge in [-0.1, -0.05) is 11.6 Å². The second-order valence-electron chi connectivity index (χ2n) is 9.54. The molecule has 0 spiro atoms. The molecule has 2 aliphatic rings. The van der Waals surface area contributed by atoms with Gasteiger partial charge in [0.2, 0.25) is 10.0 Å². The Morgan fingerprint density at radius 3 is 2.62 bits per heavy atom. The lowest BCUT2D eigenvalue weighted by Gasteiger charge is -2.35. The first kappa shape index (κ1) is 22.6. The Hall–Kier alpha value is -3.14. The Morgan fingerprint density at radius 1 is 1.15 bits per heavy atom. The number of anilines is 1. The first-order chi connectivity index (χ1) is 16.1. The van der Waals surface area contributed by atoms with Gasteiger partial charge in [-0.25, -0.2) is 17.9 Å². The topological polar surface area (TPSA) is 117 Å². The number of rotatable bonds is 5. The predicted molar refractivity (Wildman–Crippen MR) is 130 cm³/mol. The number of nitrogens with zero attached hydrogens (tertiary/aromatic N) is 3. The monoisotopic (exact) mass is 483 g/mol. The molecule has 1 atom stereocenters. The Morgan fingerprint density at radius 2 is 1.91 bits per heavy atom. The number of piperidine rings is 1. The third-order valence-corrected chi connectivity index (χ3v) is 7.28. The molecule has 2 N–H and O–H groups in total. The van der Waals surface area contributed by atoms with Crippen LogP contribution < -0.4 is 10.3 Å². The lowest BCUT2D eigenvalue weighted by atomic mass is 9.97. The number of amides is 1. The molecule has 1 amide bonds. The Kier molecular flexibility index (Phi) is 5.50. The number of nitrogens with one attached hydrogen (secondary N) is 2. The largest absolute Gasteiger partial charge is 0.330 e. The zero-order valence-corrected chi connectivity index (χ0v) is 20.4. The minimum absolute atomic E-state index is 0.106. The Balaban J connectivity index is 1.54. The standard InChI is InChI=1S/C24H29N5O4S/c1-14-7-10-18(27-34(3,32)33)17(12-14)24(31)28-11-5-4-6-20(28)19-13-21-25-22(16-8-9-16)15(2)23(30)29(21)26-19/h7,10,12-13,16,20,26-27H,4-6,8-9,11H2,1-3H3. The van der Waals surface area contributed by atoms with Crippen molar-refractivity contribution in [1.82, 2.24) is 19.5 Å². The van der Waals surface area contributed by atoms with E-state index in [0.717, 1.165) is 55.3 Å². The van der Waals surface area contributed by atoms with Crippen LogP contribution in [0.25, 0.3) is 5.65 Å². The summed E-state index contributed by atoms with van der Waals surface area (Å²) in [4.78, 5) is 33.2. The van der Waals surface area contributed by atoms with Crippen LogP contribution in [0.5, 0.6) is 0 Å². The number of H-pyrrole nitrogens is 1. The Labute approximate surface area is 198 Å². The molecular weight excluding hydrogens is 454 g/mol. The van der Waals surface area contributed by atoms with E-state index in [1.54, 1.807) is 23.1 Å². The number of sulfonamides is 1. The highest BCUT2D eigenvalue weighted by molar-refractivity contribution is 7.92. The molecule has 2 fully saturated rings. The predicted octanol–water partition coefficient (Wildman–Crippen LogP) is 3.26. The fourth-order valence-electron chi connectivity index (χ4n) is 4.85. The zero-order chi connectivity index (χ0) is 24.2. The lowest BCUT2D eigenvalue weighted by Crippen LogP contribution is -2.39. The summed E-state index contributed by atoms with van der Waals surface area (Å²) in [5.74, 6) is 0.124. The van der Waals surface area contributed by atoms with E-state index in [2.05, 4.69) is 9.82 Å². The van der Waals surface area contributed by atoms with Crippen LogP contribution in [-0.2, 0) is 10.0 Å². The van der Waals surface area contributed by atoms with Crippen molar-refractivity contribution in [2.45, 2.75) is 57.9 Å². The number of aromatic nitrogens is 3. The van der Waals surface area contributed by atoms with Crippen LogP contribution in [0.1, 0.15) is 76.9 Å². The van der Waals surface area contributed by atoms with Gasteiger partial charge in [0.25, 0.3) is 11.5 Å². The van der Waals surface area contributed by atoms with Crippen LogP contribution in [0.4, 0.5) is 5.69 Å². The average molecular weight is 484 g/mol. The first-order valence-corrected chi connectivity index (χ1v) is 13.5. The summed E-state index contributed by atoms with van der Waals surface area (Å²) < 4.78 is 27.7. The number of carbonyl (C=O) groups excluding carboxylic acids is 1. The van der Waals surface area contributed by atoms with Crippen molar-refractivity contribution in [2.75, 3.05) is 17.5 Å². The quantitative estimate of drug-likeness (QED) is 0.578. The van der Waals surface area contributed by atoms with Gasteiger partial charge in [0.1, 0.15) is 0 Å². The molecule has 10 heteroatoms. The van der Waals surface area contributed by atoms with E-state index in [1.807, 2.05) is 19.9 Å². The van der Waals surface area contributed by atoms with Gasteiger partial charge >= 0.3 is 0 Å². The molecule has 1 aliphatic heterocycles. The molecule has 1 unspecified atom stereocenters. The molecule has 5 rings (SSSR count). The van der Waals surface area contributed by atoms with Gasteiger partial charge in [0.05, 0.1) is 34.9 Å². The molecular formula is C24H29N5O4S. The van der Waals surface area contributed by atoms with Crippen molar-refractivity contribution >= 4 is 27.3 Å². The maximum atomic E-state index is 13.7.